The smallest absolute Gasteiger partial charge is 0.314 e. The molecule has 11 heteroatoms. The van der Waals surface area contributed by atoms with Gasteiger partial charge in [-0.15, -0.1) is 10.2 Å². The maximum Gasteiger partial charge on any atom is 0.314 e. The molecule has 1 fully saturated rings. The summed E-state index contributed by atoms with van der Waals surface area (Å²) in [5.74, 6) is -0.833. The van der Waals surface area contributed by atoms with E-state index in [1.54, 1.807) is 12.1 Å². The molecule has 0 radical (unpaired) electrons. The topological polar surface area (TPSA) is 95.7 Å². The van der Waals surface area contributed by atoms with Crippen LogP contribution in [0.5, 0.6) is 0 Å². The number of hydrogen-bond acceptors (Lipinski definition) is 8. The van der Waals surface area contributed by atoms with Crippen molar-refractivity contribution < 1.29 is 22.8 Å². The van der Waals surface area contributed by atoms with Crippen LogP contribution in [-0.4, -0.2) is 69.5 Å². The lowest BCUT2D eigenvalue weighted by atomic mass is 9.77. The Morgan fingerprint density at radius 2 is 1.77 bits per heavy atom. The predicted molar refractivity (Wildman–Crippen MR) is 145 cm³/mol. The zero-order chi connectivity index (χ0) is 28.6. The van der Waals surface area contributed by atoms with Crippen LogP contribution in [0.2, 0.25) is 0 Å². The van der Waals surface area contributed by atoms with Gasteiger partial charge in [-0.1, -0.05) is 19.9 Å². The van der Waals surface area contributed by atoms with Crippen LogP contribution >= 0.6 is 0 Å². The summed E-state index contributed by atoms with van der Waals surface area (Å²) in [7, 11) is 0. The van der Waals surface area contributed by atoms with Crippen LogP contribution in [0.15, 0.2) is 40.9 Å². The third-order valence-electron chi connectivity index (χ3n) is 7.71. The molecule has 2 aliphatic heterocycles. The number of alkyl halides is 2. The number of carbonyl (C=O) groups is 2. The number of carbonyl (C=O) groups excluding carboxylic acids is 2. The summed E-state index contributed by atoms with van der Waals surface area (Å²) < 4.78 is 30.5. The molecule has 2 amide bonds. The lowest BCUT2D eigenvalue weighted by molar-refractivity contribution is -0.134. The quantitative estimate of drug-likeness (QED) is 0.371. The lowest BCUT2D eigenvalue weighted by Gasteiger charge is -2.39. The van der Waals surface area contributed by atoms with Crippen molar-refractivity contribution in [2.75, 3.05) is 37.6 Å². The van der Waals surface area contributed by atoms with E-state index >= 15 is 0 Å². The zero-order valence-electron chi connectivity index (χ0n) is 23.2. The molecule has 1 aromatic carbocycles. The number of imide groups is 1. The Kier molecular flexibility index (Phi) is 7.67. The number of aromatic nitrogens is 3. The largest absolute Gasteiger partial charge is 0.415 e. The van der Waals surface area contributed by atoms with Gasteiger partial charge >= 0.3 is 6.43 Å². The van der Waals surface area contributed by atoms with Crippen LogP contribution in [0.1, 0.15) is 68.0 Å². The first-order chi connectivity index (χ1) is 19.0. The molecular formula is C29H34F2N6O3. The second-order valence-corrected chi connectivity index (χ2v) is 11.3. The van der Waals surface area contributed by atoms with E-state index in [1.807, 2.05) is 32.0 Å². The van der Waals surface area contributed by atoms with Gasteiger partial charge in [-0.3, -0.25) is 24.4 Å². The molecule has 0 aliphatic carbocycles. The molecule has 0 atom stereocenters. The van der Waals surface area contributed by atoms with Crippen molar-refractivity contribution in [1.29, 1.82) is 0 Å². The minimum Gasteiger partial charge on any atom is -0.415 e. The van der Waals surface area contributed by atoms with Crippen molar-refractivity contribution in [1.82, 2.24) is 25.0 Å². The highest BCUT2D eigenvalue weighted by Crippen LogP contribution is 2.37. The molecule has 0 unspecified atom stereocenters. The van der Waals surface area contributed by atoms with Gasteiger partial charge in [0.15, 0.2) is 0 Å². The fourth-order valence-corrected chi connectivity index (χ4v) is 5.20. The summed E-state index contributed by atoms with van der Waals surface area (Å²) in [6.45, 7) is 12.9. The fourth-order valence-electron chi connectivity index (χ4n) is 5.20. The Labute approximate surface area is 232 Å². The van der Waals surface area contributed by atoms with Gasteiger partial charge in [-0.25, -0.2) is 0 Å². The molecule has 3 aromatic rings. The van der Waals surface area contributed by atoms with Crippen molar-refractivity contribution in [2.24, 2.45) is 5.92 Å². The Morgan fingerprint density at radius 3 is 2.40 bits per heavy atom. The van der Waals surface area contributed by atoms with Crippen molar-refractivity contribution >= 4 is 17.5 Å². The minimum absolute atomic E-state index is 0.0221. The number of hydrogen-bond donors (Lipinski definition) is 0. The minimum atomic E-state index is -2.87. The fraction of sp³-hybridized carbons (Fsp3) is 0.483. The number of rotatable bonds is 8. The number of benzene rings is 1. The number of pyridine rings is 1. The average molecular weight is 553 g/mol. The second-order valence-electron chi connectivity index (χ2n) is 11.3. The molecule has 40 heavy (non-hydrogen) atoms. The van der Waals surface area contributed by atoms with E-state index < -0.39 is 17.7 Å². The highest BCUT2D eigenvalue weighted by Gasteiger charge is 2.44. The summed E-state index contributed by atoms with van der Waals surface area (Å²) in [5.41, 5.74) is 2.14. The normalized spacial score (nSPS) is 17.7. The summed E-state index contributed by atoms with van der Waals surface area (Å²) in [5, 5.41) is 6.95. The summed E-state index contributed by atoms with van der Waals surface area (Å²) in [4.78, 5) is 37.5. The first-order valence-electron chi connectivity index (χ1n) is 13.6. The van der Waals surface area contributed by atoms with E-state index in [4.69, 9.17) is 4.42 Å². The predicted octanol–water partition coefficient (Wildman–Crippen LogP) is 4.70. The highest BCUT2D eigenvalue weighted by molar-refractivity contribution is 6.13. The SMILES string of the molecule is CC(C)CCN1CCN(c2ccc3c(c2)C(=O)N(Cc2ccc(-c4nnc(C(F)F)o4)cn2)C(=O)C3(C)C)CC1. The van der Waals surface area contributed by atoms with Crippen LogP contribution in [0.4, 0.5) is 14.5 Å². The summed E-state index contributed by atoms with van der Waals surface area (Å²) >= 11 is 0. The molecule has 4 heterocycles. The number of anilines is 1. The summed E-state index contributed by atoms with van der Waals surface area (Å²) in [6, 6.07) is 9.03. The first-order valence-corrected chi connectivity index (χ1v) is 13.6. The number of piperazine rings is 1. The average Bonchev–Trinajstić information content (AvgIpc) is 3.45. The summed E-state index contributed by atoms with van der Waals surface area (Å²) in [6.07, 6.45) is -0.286. The number of fused-ring (bicyclic) bond motifs is 1. The van der Waals surface area contributed by atoms with E-state index in [-0.39, 0.29) is 24.2 Å². The number of nitrogens with zero attached hydrogens (tertiary/aromatic N) is 6. The van der Waals surface area contributed by atoms with E-state index in [0.717, 1.165) is 38.4 Å². The van der Waals surface area contributed by atoms with Gasteiger partial charge in [-0.2, -0.15) is 8.78 Å². The third kappa shape index (κ3) is 5.47. The van der Waals surface area contributed by atoms with Gasteiger partial charge in [-0.05, 0) is 62.6 Å². The van der Waals surface area contributed by atoms with Crippen LogP contribution in [0, 0.1) is 5.92 Å². The molecule has 0 N–H and O–H groups in total. The molecule has 1 saturated heterocycles. The zero-order valence-corrected chi connectivity index (χ0v) is 23.2. The molecule has 2 aromatic heterocycles. The molecule has 0 bridgehead atoms. The Balaban J connectivity index is 1.32. The van der Waals surface area contributed by atoms with Crippen LogP contribution in [0.25, 0.3) is 11.5 Å². The molecule has 0 spiro atoms. The van der Waals surface area contributed by atoms with Crippen LogP contribution in [-0.2, 0) is 16.8 Å². The Bertz CT molecular complexity index is 1380. The van der Waals surface area contributed by atoms with E-state index in [1.165, 1.54) is 17.5 Å². The van der Waals surface area contributed by atoms with Crippen molar-refractivity contribution in [2.45, 2.75) is 52.5 Å². The third-order valence-corrected chi connectivity index (χ3v) is 7.71. The number of halogens is 2. The van der Waals surface area contributed by atoms with Crippen LogP contribution in [0.3, 0.4) is 0 Å². The standard InChI is InChI=1S/C29H34F2N6O3/c1-18(2)9-10-35-11-13-36(14-12-35)21-7-8-23-22(15-21)27(38)37(28(39)29(23,3)4)17-20-6-5-19(16-32-20)25-33-34-26(40-25)24(30)31/h5-8,15-16,18,24H,9-14,17H2,1-4H3. The molecule has 0 saturated carbocycles. The maximum atomic E-state index is 13.7. The van der Waals surface area contributed by atoms with E-state index in [0.29, 0.717) is 28.3 Å². The van der Waals surface area contributed by atoms with Gasteiger partial charge < -0.3 is 9.32 Å². The first kappa shape index (κ1) is 27.8. The van der Waals surface area contributed by atoms with Gasteiger partial charge in [0.25, 0.3) is 11.8 Å². The number of amides is 2. The highest BCUT2D eigenvalue weighted by atomic mass is 19.3. The van der Waals surface area contributed by atoms with Crippen molar-refractivity contribution in [3.8, 4) is 11.5 Å². The Hall–Kier alpha value is -3.73. The lowest BCUT2D eigenvalue weighted by Crippen LogP contribution is -2.51. The monoisotopic (exact) mass is 552 g/mol. The molecule has 2 aliphatic rings. The molecular weight excluding hydrogens is 518 g/mol. The molecule has 9 nitrogen and oxygen atoms in total. The van der Waals surface area contributed by atoms with Crippen molar-refractivity contribution in [3.63, 3.8) is 0 Å². The van der Waals surface area contributed by atoms with E-state index in [2.05, 4.69) is 38.8 Å². The van der Waals surface area contributed by atoms with Gasteiger partial charge in [0.2, 0.25) is 11.8 Å². The van der Waals surface area contributed by atoms with Gasteiger partial charge in [0, 0.05) is 43.6 Å². The Morgan fingerprint density at radius 1 is 1.02 bits per heavy atom. The second kappa shape index (κ2) is 11.0. The van der Waals surface area contributed by atoms with Gasteiger partial charge in [0.05, 0.1) is 23.2 Å². The molecule has 5 rings (SSSR count). The van der Waals surface area contributed by atoms with E-state index in [9.17, 15) is 18.4 Å². The van der Waals surface area contributed by atoms with Gasteiger partial charge in [0.1, 0.15) is 0 Å². The van der Waals surface area contributed by atoms with Crippen molar-refractivity contribution in [3.05, 3.63) is 59.2 Å². The molecule has 212 valence electrons. The van der Waals surface area contributed by atoms with Crippen LogP contribution < -0.4 is 4.90 Å². The maximum absolute atomic E-state index is 13.7.